The third-order valence-corrected chi connectivity index (χ3v) is 7.03. The average molecular weight is 473 g/mol. The van der Waals surface area contributed by atoms with E-state index in [1.54, 1.807) is 12.1 Å². The standard InChI is InChI=1S/C19H22BrFN2O4S/c1-26-18-5-3-12(9-14(18)20)28(24,25)13-4-6-19(27-2)17(10-13)23-16-7-8-22-11-15(16)21/h3-6,9-10,15-16,22-23H,7-8,11H2,1-2H3. The fourth-order valence-corrected chi connectivity index (χ4v) is 5.11. The molecule has 0 spiro atoms. The summed E-state index contributed by atoms with van der Waals surface area (Å²) in [5.41, 5.74) is 0.450. The van der Waals surface area contributed by atoms with Crippen LogP contribution in [0.3, 0.4) is 0 Å². The fraction of sp³-hybridized carbons (Fsp3) is 0.368. The van der Waals surface area contributed by atoms with Crippen LogP contribution >= 0.6 is 15.9 Å². The van der Waals surface area contributed by atoms with Crippen molar-refractivity contribution < 1.29 is 22.3 Å². The Bertz CT molecular complexity index is 955. The first-order valence-corrected chi connectivity index (χ1v) is 11.0. The Morgan fingerprint density at radius 2 is 1.75 bits per heavy atom. The molecule has 1 heterocycles. The Morgan fingerprint density at radius 3 is 2.36 bits per heavy atom. The minimum atomic E-state index is -3.78. The molecule has 0 saturated carbocycles. The Morgan fingerprint density at radius 1 is 1.11 bits per heavy atom. The molecule has 6 nitrogen and oxygen atoms in total. The minimum Gasteiger partial charge on any atom is -0.496 e. The van der Waals surface area contributed by atoms with Crippen molar-refractivity contribution in [2.75, 3.05) is 32.6 Å². The van der Waals surface area contributed by atoms with Crippen LogP contribution < -0.4 is 20.1 Å². The van der Waals surface area contributed by atoms with Gasteiger partial charge in [0.25, 0.3) is 0 Å². The molecule has 0 bridgehead atoms. The topological polar surface area (TPSA) is 76.7 Å². The second kappa shape index (κ2) is 8.67. The number of methoxy groups -OCH3 is 2. The van der Waals surface area contributed by atoms with E-state index < -0.39 is 22.1 Å². The van der Waals surface area contributed by atoms with Gasteiger partial charge in [-0.15, -0.1) is 0 Å². The van der Waals surface area contributed by atoms with Crippen LogP contribution in [0.2, 0.25) is 0 Å². The van der Waals surface area contributed by atoms with Crippen LogP contribution in [0.1, 0.15) is 6.42 Å². The lowest BCUT2D eigenvalue weighted by Crippen LogP contribution is -2.45. The SMILES string of the molecule is COc1ccc(S(=O)(=O)c2ccc(OC)c(NC3CCNCC3F)c2)cc1Br. The zero-order valence-corrected chi connectivity index (χ0v) is 17.9. The predicted molar refractivity (Wildman–Crippen MR) is 109 cm³/mol. The molecule has 0 aliphatic carbocycles. The molecule has 0 radical (unpaired) electrons. The first-order valence-electron chi connectivity index (χ1n) is 8.75. The van der Waals surface area contributed by atoms with Crippen molar-refractivity contribution in [2.24, 2.45) is 0 Å². The van der Waals surface area contributed by atoms with E-state index in [0.29, 0.717) is 34.6 Å². The third kappa shape index (κ3) is 4.26. The summed E-state index contributed by atoms with van der Waals surface area (Å²) >= 11 is 3.31. The van der Waals surface area contributed by atoms with Gasteiger partial charge in [0.2, 0.25) is 9.84 Å². The van der Waals surface area contributed by atoms with Crippen molar-refractivity contribution in [1.29, 1.82) is 0 Å². The van der Waals surface area contributed by atoms with E-state index in [1.165, 1.54) is 38.5 Å². The number of alkyl halides is 1. The molecule has 2 aromatic rings. The molecule has 2 atom stereocenters. The van der Waals surface area contributed by atoms with Gasteiger partial charge in [-0.3, -0.25) is 0 Å². The van der Waals surface area contributed by atoms with Gasteiger partial charge in [-0.1, -0.05) is 0 Å². The monoisotopic (exact) mass is 472 g/mol. The number of anilines is 1. The number of piperidine rings is 1. The molecule has 9 heteroatoms. The fourth-order valence-electron chi connectivity index (χ4n) is 3.10. The summed E-state index contributed by atoms with van der Waals surface area (Å²) in [6.45, 7) is 0.954. The molecule has 0 aromatic heterocycles. The smallest absolute Gasteiger partial charge is 0.206 e. The Kier molecular flexibility index (Phi) is 6.47. The molecule has 152 valence electrons. The summed E-state index contributed by atoms with van der Waals surface area (Å²) in [7, 11) is -0.776. The summed E-state index contributed by atoms with van der Waals surface area (Å²) in [5, 5.41) is 6.10. The molecule has 1 fully saturated rings. The van der Waals surface area contributed by atoms with E-state index in [-0.39, 0.29) is 16.3 Å². The Labute approximate surface area is 172 Å². The van der Waals surface area contributed by atoms with Crippen molar-refractivity contribution in [3.05, 3.63) is 40.9 Å². The molecule has 0 amide bonds. The van der Waals surface area contributed by atoms with Gasteiger partial charge >= 0.3 is 0 Å². The number of hydrogen-bond donors (Lipinski definition) is 2. The summed E-state index contributed by atoms with van der Waals surface area (Å²) in [6, 6.07) is 8.69. The van der Waals surface area contributed by atoms with Crippen molar-refractivity contribution >= 4 is 31.5 Å². The highest BCUT2D eigenvalue weighted by molar-refractivity contribution is 9.10. The first kappa shape index (κ1) is 20.9. The van der Waals surface area contributed by atoms with E-state index >= 15 is 0 Å². The quantitative estimate of drug-likeness (QED) is 0.670. The first-order chi connectivity index (χ1) is 13.4. The van der Waals surface area contributed by atoms with Crippen LogP contribution in [-0.2, 0) is 9.84 Å². The second-order valence-corrected chi connectivity index (χ2v) is 9.23. The maximum atomic E-state index is 14.2. The van der Waals surface area contributed by atoms with Crippen LogP contribution in [0.5, 0.6) is 11.5 Å². The summed E-state index contributed by atoms with van der Waals surface area (Å²) in [4.78, 5) is 0.221. The van der Waals surface area contributed by atoms with E-state index in [2.05, 4.69) is 26.6 Å². The van der Waals surface area contributed by atoms with Gasteiger partial charge in [-0.2, -0.15) is 0 Å². The van der Waals surface area contributed by atoms with Gasteiger partial charge in [0.1, 0.15) is 17.7 Å². The van der Waals surface area contributed by atoms with E-state index in [4.69, 9.17) is 9.47 Å². The lowest BCUT2D eigenvalue weighted by molar-refractivity contribution is 0.244. The van der Waals surface area contributed by atoms with Gasteiger partial charge in [0, 0.05) is 6.54 Å². The van der Waals surface area contributed by atoms with Gasteiger partial charge in [0.05, 0.1) is 40.2 Å². The number of ether oxygens (including phenoxy) is 2. The van der Waals surface area contributed by atoms with E-state index in [9.17, 15) is 12.8 Å². The molecular formula is C19H22BrFN2O4S. The lowest BCUT2D eigenvalue weighted by Gasteiger charge is -2.29. The minimum absolute atomic E-state index is 0.0946. The maximum absolute atomic E-state index is 14.2. The highest BCUT2D eigenvalue weighted by Gasteiger charge is 2.26. The highest BCUT2D eigenvalue weighted by atomic mass is 79.9. The van der Waals surface area contributed by atoms with Crippen LogP contribution in [0.25, 0.3) is 0 Å². The van der Waals surface area contributed by atoms with Gasteiger partial charge in [0.15, 0.2) is 0 Å². The van der Waals surface area contributed by atoms with Gasteiger partial charge in [-0.25, -0.2) is 12.8 Å². The molecular weight excluding hydrogens is 451 g/mol. The number of hydrogen-bond acceptors (Lipinski definition) is 6. The molecule has 1 saturated heterocycles. The predicted octanol–water partition coefficient (Wildman–Crippen LogP) is 3.41. The lowest BCUT2D eigenvalue weighted by atomic mass is 10.0. The molecule has 1 aliphatic rings. The zero-order valence-electron chi connectivity index (χ0n) is 15.5. The van der Waals surface area contributed by atoms with Crippen LogP contribution in [0.15, 0.2) is 50.7 Å². The number of nitrogens with one attached hydrogen (secondary N) is 2. The van der Waals surface area contributed by atoms with E-state index in [0.717, 1.165) is 0 Å². The van der Waals surface area contributed by atoms with Crippen molar-refractivity contribution in [3.8, 4) is 11.5 Å². The van der Waals surface area contributed by atoms with Gasteiger partial charge < -0.3 is 20.1 Å². The second-order valence-electron chi connectivity index (χ2n) is 6.42. The molecule has 28 heavy (non-hydrogen) atoms. The summed E-state index contributed by atoms with van der Waals surface area (Å²) in [5.74, 6) is 0.997. The largest absolute Gasteiger partial charge is 0.496 e. The van der Waals surface area contributed by atoms with Crippen molar-refractivity contribution in [3.63, 3.8) is 0 Å². The molecule has 2 N–H and O–H groups in total. The Balaban J connectivity index is 1.96. The Hall–Kier alpha value is -1.84. The third-order valence-electron chi connectivity index (χ3n) is 4.66. The highest BCUT2D eigenvalue weighted by Crippen LogP contribution is 2.34. The van der Waals surface area contributed by atoms with Crippen LogP contribution in [0.4, 0.5) is 10.1 Å². The summed E-state index contributed by atoms with van der Waals surface area (Å²) < 4.78 is 51.4. The molecule has 2 unspecified atom stereocenters. The molecule has 2 aromatic carbocycles. The average Bonchev–Trinajstić information content (AvgIpc) is 2.69. The number of halogens is 2. The van der Waals surface area contributed by atoms with Crippen LogP contribution in [0, 0.1) is 0 Å². The van der Waals surface area contributed by atoms with Gasteiger partial charge in [-0.05, 0) is 65.3 Å². The normalized spacial score (nSPS) is 19.9. The van der Waals surface area contributed by atoms with Crippen LogP contribution in [-0.4, -0.2) is 47.9 Å². The van der Waals surface area contributed by atoms with Crippen molar-refractivity contribution in [2.45, 2.75) is 28.4 Å². The maximum Gasteiger partial charge on any atom is 0.206 e. The zero-order chi connectivity index (χ0) is 20.3. The summed E-state index contributed by atoms with van der Waals surface area (Å²) in [6.07, 6.45) is -0.483. The number of sulfone groups is 1. The number of benzene rings is 2. The molecule has 1 aliphatic heterocycles. The van der Waals surface area contributed by atoms with Crippen molar-refractivity contribution in [1.82, 2.24) is 5.32 Å². The molecule has 3 rings (SSSR count). The number of rotatable bonds is 6. The van der Waals surface area contributed by atoms with E-state index in [1.807, 2.05) is 0 Å².